The van der Waals surface area contributed by atoms with Gasteiger partial charge in [0.15, 0.2) is 0 Å². The first-order chi connectivity index (χ1) is 14.6. The van der Waals surface area contributed by atoms with Crippen molar-refractivity contribution in [3.05, 3.63) is 78.1 Å². The number of para-hydroxylation sites is 1. The smallest absolute Gasteiger partial charge is 0.234 e. The third-order valence-corrected chi connectivity index (χ3v) is 5.64. The second kappa shape index (κ2) is 9.13. The number of aryl methyl sites for hydroxylation is 1. The Morgan fingerprint density at radius 2 is 1.87 bits per heavy atom. The molecule has 0 spiro atoms. The van der Waals surface area contributed by atoms with Gasteiger partial charge in [0, 0.05) is 44.3 Å². The number of anilines is 1. The lowest BCUT2D eigenvalue weighted by Gasteiger charge is -2.36. The highest BCUT2D eigenvalue weighted by atomic mass is 16.2. The van der Waals surface area contributed by atoms with Crippen molar-refractivity contribution >= 4 is 11.6 Å². The third kappa shape index (κ3) is 4.71. The van der Waals surface area contributed by atoms with Gasteiger partial charge >= 0.3 is 0 Å². The largest absolute Gasteiger partial charge is 0.369 e. The fourth-order valence-corrected chi connectivity index (χ4v) is 4.03. The summed E-state index contributed by atoms with van der Waals surface area (Å²) in [7, 11) is 0. The van der Waals surface area contributed by atoms with Gasteiger partial charge in [-0.15, -0.1) is 0 Å². The van der Waals surface area contributed by atoms with Crippen LogP contribution in [0.25, 0.3) is 5.69 Å². The molecule has 1 amide bonds. The highest BCUT2D eigenvalue weighted by Crippen LogP contribution is 2.21. The highest BCUT2D eigenvalue weighted by Gasteiger charge is 2.21. The second-order valence-corrected chi connectivity index (χ2v) is 7.90. The van der Waals surface area contributed by atoms with Gasteiger partial charge in [-0.1, -0.05) is 30.3 Å². The average molecular weight is 404 g/mol. The maximum Gasteiger partial charge on any atom is 0.234 e. The Hall–Kier alpha value is -3.12. The van der Waals surface area contributed by atoms with Crippen LogP contribution in [0.1, 0.15) is 24.1 Å². The first kappa shape index (κ1) is 20.2. The maximum atomic E-state index is 12.7. The fraction of sp³-hybridized carbons (Fsp3) is 0.333. The Bertz CT molecular complexity index is 977. The average Bonchev–Trinajstić information content (AvgIpc) is 3.29. The van der Waals surface area contributed by atoms with Crippen LogP contribution in [-0.2, 0) is 4.79 Å². The van der Waals surface area contributed by atoms with Crippen LogP contribution in [0, 0.1) is 6.92 Å². The molecule has 1 saturated heterocycles. The van der Waals surface area contributed by atoms with Gasteiger partial charge in [0.25, 0.3) is 0 Å². The van der Waals surface area contributed by atoms with Crippen molar-refractivity contribution in [3.8, 4) is 5.69 Å². The fourth-order valence-electron chi connectivity index (χ4n) is 4.03. The minimum absolute atomic E-state index is 0.0572. The van der Waals surface area contributed by atoms with Gasteiger partial charge < -0.3 is 10.2 Å². The summed E-state index contributed by atoms with van der Waals surface area (Å²) < 4.78 is 1.84. The zero-order valence-electron chi connectivity index (χ0n) is 17.7. The number of benzene rings is 2. The molecule has 6 nitrogen and oxygen atoms in total. The van der Waals surface area contributed by atoms with E-state index in [-0.39, 0.29) is 11.9 Å². The van der Waals surface area contributed by atoms with E-state index in [1.54, 1.807) is 6.20 Å². The molecule has 0 aliphatic carbocycles. The van der Waals surface area contributed by atoms with Crippen molar-refractivity contribution in [2.45, 2.75) is 19.9 Å². The molecule has 6 heteroatoms. The number of nitrogens with zero attached hydrogens (tertiary/aromatic N) is 4. The van der Waals surface area contributed by atoms with E-state index in [2.05, 4.69) is 51.4 Å². The van der Waals surface area contributed by atoms with Gasteiger partial charge in [-0.2, -0.15) is 5.10 Å². The summed E-state index contributed by atoms with van der Waals surface area (Å²) in [6, 6.07) is 18.5. The van der Waals surface area contributed by atoms with Crippen LogP contribution in [0.3, 0.4) is 0 Å². The van der Waals surface area contributed by atoms with Crippen LogP contribution in [-0.4, -0.2) is 53.3 Å². The molecule has 1 aliphatic rings. The summed E-state index contributed by atoms with van der Waals surface area (Å²) in [4.78, 5) is 17.3. The highest BCUT2D eigenvalue weighted by molar-refractivity contribution is 5.78. The van der Waals surface area contributed by atoms with Crippen LogP contribution >= 0.6 is 0 Å². The van der Waals surface area contributed by atoms with Gasteiger partial charge in [0.2, 0.25) is 5.91 Å². The SMILES string of the molecule is Cc1cccc(N2CCN(CC(=O)NC(C)c3ccccc3-n3cccn3)CC2)c1. The van der Waals surface area contributed by atoms with Gasteiger partial charge in [0.1, 0.15) is 0 Å². The zero-order chi connectivity index (χ0) is 20.9. The van der Waals surface area contributed by atoms with Crippen molar-refractivity contribution in [1.29, 1.82) is 0 Å². The number of hydrogen-bond acceptors (Lipinski definition) is 4. The molecule has 0 bridgehead atoms. The van der Waals surface area contributed by atoms with Crippen LogP contribution < -0.4 is 10.2 Å². The van der Waals surface area contributed by atoms with E-state index in [0.29, 0.717) is 6.54 Å². The lowest BCUT2D eigenvalue weighted by Crippen LogP contribution is -2.49. The van der Waals surface area contributed by atoms with Crippen molar-refractivity contribution < 1.29 is 4.79 Å². The molecule has 1 N–H and O–H groups in total. The number of carbonyl (C=O) groups excluding carboxylic acids is 1. The Balaban J connectivity index is 1.32. The number of rotatable bonds is 6. The predicted molar refractivity (Wildman–Crippen MR) is 120 cm³/mol. The lowest BCUT2D eigenvalue weighted by atomic mass is 10.1. The number of hydrogen-bond donors (Lipinski definition) is 1. The van der Waals surface area contributed by atoms with Gasteiger partial charge in [0.05, 0.1) is 18.3 Å². The molecule has 1 atom stereocenters. The van der Waals surface area contributed by atoms with E-state index >= 15 is 0 Å². The molecule has 0 saturated carbocycles. The van der Waals surface area contributed by atoms with Gasteiger partial charge in [-0.3, -0.25) is 9.69 Å². The number of aromatic nitrogens is 2. The third-order valence-electron chi connectivity index (χ3n) is 5.64. The molecule has 30 heavy (non-hydrogen) atoms. The summed E-state index contributed by atoms with van der Waals surface area (Å²) >= 11 is 0. The van der Waals surface area contributed by atoms with Gasteiger partial charge in [-0.05, 0) is 49.2 Å². The molecule has 1 aromatic heterocycles. The Labute approximate surface area is 178 Å². The first-order valence-corrected chi connectivity index (χ1v) is 10.5. The number of nitrogens with one attached hydrogen (secondary N) is 1. The number of carbonyl (C=O) groups is 1. The van der Waals surface area contributed by atoms with Crippen molar-refractivity contribution in [2.75, 3.05) is 37.6 Å². The van der Waals surface area contributed by atoms with E-state index in [1.165, 1.54) is 11.3 Å². The van der Waals surface area contributed by atoms with Crippen LogP contribution in [0.4, 0.5) is 5.69 Å². The summed E-state index contributed by atoms with van der Waals surface area (Å²) in [5.41, 5.74) is 4.59. The topological polar surface area (TPSA) is 53.4 Å². The number of amides is 1. The van der Waals surface area contributed by atoms with Gasteiger partial charge in [-0.25, -0.2) is 4.68 Å². The molecular weight excluding hydrogens is 374 g/mol. The second-order valence-electron chi connectivity index (χ2n) is 7.90. The molecule has 3 aromatic rings. The molecule has 0 radical (unpaired) electrons. The summed E-state index contributed by atoms with van der Waals surface area (Å²) in [5.74, 6) is 0.0572. The maximum absolute atomic E-state index is 12.7. The molecule has 1 aliphatic heterocycles. The molecule has 1 fully saturated rings. The van der Waals surface area contributed by atoms with Crippen molar-refractivity contribution in [2.24, 2.45) is 0 Å². The Morgan fingerprint density at radius 1 is 1.07 bits per heavy atom. The van der Waals surface area contributed by atoms with E-state index in [9.17, 15) is 4.79 Å². The molecular formula is C24H29N5O. The molecule has 4 rings (SSSR count). The van der Waals surface area contributed by atoms with Crippen molar-refractivity contribution in [3.63, 3.8) is 0 Å². The Kier molecular flexibility index (Phi) is 6.14. The molecule has 1 unspecified atom stereocenters. The van der Waals surface area contributed by atoms with Crippen LogP contribution in [0.5, 0.6) is 0 Å². The quantitative estimate of drug-likeness (QED) is 0.687. The van der Waals surface area contributed by atoms with E-state index in [4.69, 9.17) is 0 Å². The van der Waals surface area contributed by atoms with Crippen LogP contribution in [0.2, 0.25) is 0 Å². The standard InChI is InChI=1S/C24H29N5O/c1-19-7-5-8-21(17-19)28-15-13-27(14-16-28)18-24(30)26-20(2)22-9-3-4-10-23(22)29-12-6-11-25-29/h3-12,17,20H,13-16,18H2,1-2H3,(H,26,30). The predicted octanol–water partition coefficient (Wildman–Crippen LogP) is 3.18. The lowest BCUT2D eigenvalue weighted by molar-refractivity contribution is -0.123. The van der Waals surface area contributed by atoms with E-state index in [1.807, 2.05) is 48.1 Å². The minimum atomic E-state index is -0.0912. The molecule has 156 valence electrons. The summed E-state index contributed by atoms with van der Waals surface area (Å²) in [6.07, 6.45) is 3.68. The first-order valence-electron chi connectivity index (χ1n) is 10.5. The van der Waals surface area contributed by atoms with Crippen molar-refractivity contribution in [1.82, 2.24) is 20.0 Å². The monoisotopic (exact) mass is 403 g/mol. The minimum Gasteiger partial charge on any atom is -0.369 e. The molecule has 2 aromatic carbocycles. The Morgan fingerprint density at radius 3 is 2.60 bits per heavy atom. The number of piperazine rings is 1. The summed E-state index contributed by atoms with van der Waals surface area (Å²) in [5, 5.41) is 7.49. The van der Waals surface area contributed by atoms with Crippen LogP contribution in [0.15, 0.2) is 67.0 Å². The molecule has 2 heterocycles. The van der Waals surface area contributed by atoms with E-state index in [0.717, 1.165) is 37.4 Å². The van der Waals surface area contributed by atoms with E-state index < -0.39 is 0 Å². The normalized spacial score (nSPS) is 15.7. The zero-order valence-corrected chi connectivity index (χ0v) is 17.7. The summed E-state index contributed by atoms with van der Waals surface area (Å²) in [6.45, 7) is 8.23.